The summed E-state index contributed by atoms with van der Waals surface area (Å²) in [7, 11) is 0. The third-order valence-corrected chi connectivity index (χ3v) is 2.97. The van der Waals surface area contributed by atoms with Crippen molar-refractivity contribution in [1.82, 2.24) is 5.32 Å². The van der Waals surface area contributed by atoms with Gasteiger partial charge in [-0.15, -0.1) is 0 Å². The number of halogens is 1. The van der Waals surface area contributed by atoms with Crippen molar-refractivity contribution >= 4 is 15.9 Å². The molecule has 0 aliphatic carbocycles. The minimum atomic E-state index is -0.663. The first-order chi connectivity index (χ1) is 7.63. The van der Waals surface area contributed by atoms with E-state index in [0.717, 1.165) is 17.4 Å². The van der Waals surface area contributed by atoms with E-state index in [1.807, 2.05) is 6.07 Å². The third-order valence-electron chi connectivity index (χ3n) is 2.47. The molecule has 16 heavy (non-hydrogen) atoms. The second kappa shape index (κ2) is 7.01. The minimum Gasteiger partial charge on any atom is -0.394 e. The first-order valence-corrected chi connectivity index (χ1v) is 6.17. The molecule has 3 nitrogen and oxygen atoms in total. The van der Waals surface area contributed by atoms with Gasteiger partial charge in [-0.05, 0) is 43.1 Å². The first kappa shape index (κ1) is 13.6. The van der Waals surface area contributed by atoms with Crippen LogP contribution in [0.15, 0.2) is 22.7 Å². The second-order valence-electron chi connectivity index (χ2n) is 3.86. The van der Waals surface area contributed by atoms with Crippen molar-refractivity contribution in [3.8, 4) is 0 Å². The Morgan fingerprint density at radius 1 is 1.44 bits per heavy atom. The summed E-state index contributed by atoms with van der Waals surface area (Å²) in [5, 5.41) is 20.9. The lowest BCUT2D eigenvalue weighted by Gasteiger charge is -2.10. The van der Waals surface area contributed by atoms with Gasteiger partial charge in [0, 0.05) is 11.0 Å². The number of nitrogens with one attached hydrogen (secondary N) is 1. The summed E-state index contributed by atoms with van der Waals surface area (Å²) in [5.74, 6) is 0. The zero-order valence-electron chi connectivity index (χ0n) is 9.41. The SMILES string of the molecule is Cc1ccc(Br)cc1CCNCC(O)CO. The van der Waals surface area contributed by atoms with Crippen LogP contribution in [0.5, 0.6) is 0 Å². The molecule has 0 heterocycles. The normalized spacial score (nSPS) is 12.8. The lowest BCUT2D eigenvalue weighted by molar-refractivity contribution is 0.0947. The zero-order chi connectivity index (χ0) is 12.0. The Kier molecular flexibility index (Phi) is 5.98. The second-order valence-corrected chi connectivity index (χ2v) is 4.78. The molecule has 90 valence electrons. The molecule has 0 amide bonds. The van der Waals surface area contributed by atoms with Crippen molar-refractivity contribution < 1.29 is 10.2 Å². The molecule has 0 aliphatic rings. The number of hydrogen-bond acceptors (Lipinski definition) is 3. The van der Waals surface area contributed by atoms with Crippen molar-refractivity contribution in [1.29, 1.82) is 0 Å². The third kappa shape index (κ3) is 4.61. The number of aliphatic hydroxyl groups is 2. The molecule has 1 aromatic carbocycles. The smallest absolute Gasteiger partial charge is 0.0894 e. The highest BCUT2D eigenvalue weighted by molar-refractivity contribution is 9.10. The largest absolute Gasteiger partial charge is 0.394 e. The monoisotopic (exact) mass is 287 g/mol. The molecule has 0 saturated heterocycles. The highest BCUT2D eigenvalue weighted by atomic mass is 79.9. The Balaban J connectivity index is 2.34. The predicted molar refractivity (Wildman–Crippen MR) is 68.5 cm³/mol. The van der Waals surface area contributed by atoms with E-state index in [4.69, 9.17) is 10.2 Å². The fourth-order valence-electron chi connectivity index (χ4n) is 1.47. The van der Waals surface area contributed by atoms with Gasteiger partial charge in [0.15, 0.2) is 0 Å². The van der Waals surface area contributed by atoms with E-state index in [-0.39, 0.29) is 6.61 Å². The maximum Gasteiger partial charge on any atom is 0.0894 e. The molecule has 1 unspecified atom stereocenters. The predicted octanol–water partition coefficient (Wildman–Crippen LogP) is 1.24. The number of aryl methyl sites for hydroxylation is 1. The summed E-state index contributed by atoms with van der Waals surface area (Å²) in [6.07, 6.45) is 0.257. The lowest BCUT2D eigenvalue weighted by atomic mass is 10.1. The van der Waals surface area contributed by atoms with E-state index in [9.17, 15) is 0 Å². The van der Waals surface area contributed by atoms with E-state index in [1.54, 1.807) is 0 Å². The molecule has 3 N–H and O–H groups in total. The standard InChI is InChI=1S/C12H18BrNO2/c1-9-2-3-11(13)6-10(9)4-5-14-7-12(16)8-15/h2-3,6,12,14-16H,4-5,7-8H2,1H3. The van der Waals surface area contributed by atoms with Crippen LogP contribution in [0.1, 0.15) is 11.1 Å². The van der Waals surface area contributed by atoms with Gasteiger partial charge in [0.25, 0.3) is 0 Å². The molecule has 4 heteroatoms. The maximum absolute atomic E-state index is 9.13. The molecule has 0 fully saturated rings. The van der Waals surface area contributed by atoms with Crippen LogP contribution in [0.3, 0.4) is 0 Å². The highest BCUT2D eigenvalue weighted by Crippen LogP contribution is 2.16. The average molecular weight is 288 g/mol. The Morgan fingerprint density at radius 2 is 2.19 bits per heavy atom. The number of aliphatic hydroxyl groups excluding tert-OH is 2. The van der Waals surface area contributed by atoms with Crippen LogP contribution in [-0.2, 0) is 6.42 Å². The van der Waals surface area contributed by atoms with E-state index in [2.05, 4.69) is 40.3 Å². The summed E-state index contributed by atoms with van der Waals surface area (Å²) < 4.78 is 1.09. The van der Waals surface area contributed by atoms with Crippen LogP contribution in [0.2, 0.25) is 0 Å². The fourth-order valence-corrected chi connectivity index (χ4v) is 1.87. The van der Waals surface area contributed by atoms with Gasteiger partial charge < -0.3 is 15.5 Å². The number of rotatable bonds is 6. The van der Waals surface area contributed by atoms with E-state index in [1.165, 1.54) is 11.1 Å². The summed E-state index contributed by atoms with van der Waals surface area (Å²) in [6.45, 7) is 3.13. The van der Waals surface area contributed by atoms with E-state index >= 15 is 0 Å². The molecular weight excluding hydrogens is 270 g/mol. The van der Waals surface area contributed by atoms with Crippen LogP contribution < -0.4 is 5.32 Å². The first-order valence-electron chi connectivity index (χ1n) is 5.38. The quantitative estimate of drug-likeness (QED) is 0.690. The van der Waals surface area contributed by atoms with Crippen molar-refractivity contribution in [3.05, 3.63) is 33.8 Å². The molecular formula is C12H18BrNO2. The molecule has 0 aliphatic heterocycles. The lowest BCUT2D eigenvalue weighted by Crippen LogP contribution is -2.30. The van der Waals surface area contributed by atoms with Gasteiger partial charge in [0.2, 0.25) is 0 Å². The Morgan fingerprint density at radius 3 is 2.88 bits per heavy atom. The topological polar surface area (TPSA) is 52.5 Å². The van der Waals surface area contributed by atoms with Crippen molar-refractivity contribution in [2.45, 2.75) is 19.4 Å². The molecule has 1 aromatic rings. The van der Waals surface area contributed by atoms with Crippen molar-refractivity contribution in [3.63, 3.8) is 0 Å². The van der Waals surface area contributed by atoms with Crippen LogP contribution in [-0.4, -0.2) is 36.0 Å². The Bertz CT molecular complexity index is 331. The van der Waals surface area contributed by atoms with Gasteiger partial charge in [-0.2, -0.15) is 0 Å². The van der Waals surface area contributed by atoms with E-state index in [0.29, 0.717) is 6.54 Å². The maximum atomic E-state index is 9.13. The van der Waals surface area contributed by atoms with Gasteiger partial charge in [0.1, 0.15) is 0 Å². The summed E-state index contributed by atoms with van der Waals surface area (Å²) in [6, 6.07) is 6.23. The van der Waals surface area contributed by atoms with Gasteiger partial charge in [0.05, 0.1) is 12.7 Å². The van der Waals surface area contributed by atoms with Gasteiger partial charge in [-0.3, -0.25) is 0 Å². The molecule has 0 saturated carbocycles. The molecule has 0 radical (unpaired) electrons. The fraction of sp³-hybridized carbons (Fsp3) is 0.500. The summed E-state index contributed by atoms with van der Waals surface area (Å²) >= 11 is 3.45. The van der Waals surface area contributed by atoms with Crippen LogP contribution in [0.4, 0.5) is 0 Å². The molecule has 0 bridgehead atoms. The van der Waals surface area contributed by atoms with Crippen molar-refractivity contribution in [2.24, 2.45) is 0 Å². The molecule has 0 aromatic heterocycles. The molecule has 1 atom stereocenters. The van der Waals surface area contributed by atoms with Crippen molar-refractivity contribution in [2.75, 3.05) is 19.7 Å². The average Bonchev–Trinajstić information content (AvgIpc) is 2.28. The van der Waals surface area contributed by atoms with Gasteiger partial charge in [-0.25, -0.2) is 0 Å². The molecule has 1 rings (SSSR count). The van der Waals surface area contributed by atoms with E-state index < -0.39 is 6.10 Å². The minimum absolute atomic E-state index is 0.192. The number of benzene rings is 1. The van der Waals surface area contributed by atoms with Gasteiger partial charge >= 0.3 is 0 Å². The van der Waals surface area contributed by atoms with Crippen LogP contribution in [0.25, 0.3) is 0 Å². The summed E-state index contributed by atoms with van der Waals surface area (Å²) in [4.78, 5) is 0. The Labute approximate surface area is 105 Å². The highest BCUT2D eigenvalue weighted by Gasteiger charge is 2.02. The zero-order valence-corrected chi connectivity index (χ0v) is 11.0. The summed E-state index contributed by atoms with van der Waals surface area (Å²) in [5.41, 5.74) is 2.56. The van der Waals surface area contributed by atoms with Crippen LogP contribution in [0, 0.1) is 6.92 Å². The number of hydrogen-bond donors (Lipinski definition) is 3. The Hall–Kier alpha value is -0.420. The molecule has 0 spiro atoms. The van der Waals surface area contributed by atoms with Gasteiger partial charge in [-0.1, -0.05) is 22.0 Å². The van der Waals surface area contributed by atoms with Crippen LogP contribution >= 0.6 is 15.9 Å².